The Morgan fingerprint density at radius 1 is 1.13 bits per heavy atom. The first-order valence-electron chi connectivity index (χ1n) is 10.8. The minimum absolute atomic E-state index is 0.0310. The molecule has 0 radical (unpaired) electrons. The maximum absolute atomic E-state index is 12.9. The highest BCUT2D eigenvalue weighted by molar-refractivity contribution is 5.74. The van der Waals surface area contributed by atoms with Crippen LogP contribution >= 0.6 is 0 Å². The molecule has 2 aromatic heterocycles. The first-order valence-corrected chi connectivity index (χ1v) is 10.8. The number of hydrogen-bond donors (Lipinski definition) is 1. The van der Waals surface area contributed by atoms with Gasteiger partial charge in [-0.25, -0.2) is 4.79 Å². The number of fused-ring (bicyclic) bond motifs is 1. The molecule has 1 aliphatic heterocycles. The minimum atomic E-state index is -0.516. The van der Waals surface area contributed by atoms with Crippen LogP contribution in [0.3, 0.4) is 0 Å². The van der Waals surface area contributed by atoms with E-state index < -0.39 is 5.60 Å². The first-order chi connectivity index (χ1) is 14.9. The van der Waals surface area contributed by atoms with Gasteiger partial charge < -0.3 is 15.0 Å². The summed E-state index contributed by atoms with van der Waals surface area (Å²) in [6.07, 6.45) is 9.73. The van der Waals surface area contributed by atoms with Gasteiger partial charge in [-0.3, -0.25) is 15.0 Å². The van der Waals surface area contributed by atoms with Gasteiger partial charge >= 0.3 is 6.09 Å². The van der Waals surface area contributed by atoms with Crippen LogP contribution in [0.25, 0.3) is 11.0 Å². The third kappa shape index (κ3) is 5.10. The second-order valence-corrected chi connectivity index (χ2v) is 8.88. The van der Waals surface area contributed by atoms with Crippen LogP contribution in [0.2, 0.25) is 0 Å². The Kier molecular flexibility index (Phi) is 6.02. The van der Waals surface area contributed by atoms with Crippen molar-refractivity contribution in [2.24, 2.45) is 0 Å². The fourth-order valence-electron chi connectivity index (χ4n) is 3.95. The maximum Gasteiger partial charge on any atom is 0.410 e. The standard InChI is InChI=1S/C24H29N5O2/c1-24(2,3)31-23(30)29-13-5-4-6-22(29)18-9-10-25-16-21(18)28-15-17-7-8-19-20(14-17)27-12-11-26-19/h7-12,14,16,22,28H,4-6,13,15H2,1-3H3. The number of pyridine rings is 1. The van der Waals surface area contributed by atoms with Crippen molar-refractivity contribution in [3.05, 3.63) is 60.2 Å². The number of nitrogens with one attached hydrogen (secondary N) is 1. The number of amides is 1. The highest BCUT2D eigenvalue weighted by Gasteiger charge is 2.32. The third-order valence-electron chi connectivity index (χ3n) is 5.36. The molecule has 1 fully saturated rings. The number of carbonyl (C=O) groups excluding carboxylic acids is 1. The van der Waals surface area contributed by atoms with Gasteiger partial charge in [0.05, 0.1) is 29.0 Å². The van der Waals surface area contributed by atoms with Crippen LogP contribution in [0.15, 0.2) is 49.1 Å². The molecule has 1 atom stereocenters. The van der Waals surface area contributed by atoms with Gasteiger partial charge in [-0.15, -0.1) is 0 Å². The number of aromatic nitrogens is 3. The summed E-state index contributed by atoms with van der Waals surface area (Å²) in [7, 11) is 0. The van der Waals surface area contributed by atoms with Crippen LogP contribution in [0, 0.1) is 0 Å². The fraction of sp³-hybridized carbons (Fsp3) is 0.417. The molecular weight excluding hydrogens is 390 g/mol. The van der Waals surface area contributed by atoms with E-state index in [1.54, 1.807) is 18.6 Å². The normalized spacial score (nSPS) is 16.9. The van der Waals surface area contributed by atoms with E-state index in [0.29, 0.717) is 13.1 Å². The number of nitrogens with zero attached hydrogens (tertiary/aromatic N) is 4. The zero-order valence-corrected chi connectivity index (χ0v) is 18.3. The van der Waals surface area contributed by atoms with Gasteiger partial charge in [-0.2, -0.15) is 0 Å². The molecule has 31 heavy (non-hydrogen) atoms. The van der Waals surface area contributed by atoms with Crippen molar-refractivity contribution in [2.45, 2.75) is 58.2 Å². The number of anilines is 1. The highest BCUT2D eigenvalue weighted by Crippen LogP contribution is 2.35. The molecule has 0 spiro atoms. The lowest BCUT2D eigenvalue weighted by atomic mass is 9.95. The molecule has 1 N–H and O–H groups in total. The Morgan fingerprint density at radius 2 is 1.94 bits per heavy atom. The molecule has 1 unspecified atom stereocenters. The molecule has 0 saturated carbocycles. The summed E-state index contributed by atoms with van der Waals surface area (Å²) in [5.74, 6) is 0. The number of hydrogen-bond acceptors (Lipinski definition) is 6. The van der Waals surface area contributed by atoms with E-state index in [0.717, 1.165) is 47.1 Å². The van der Waals surface area contributed by atoms with Crippen molar-refractivity contribution in [2.75, 3.05) is 11.9 Å². The van der Waals surface area contributed by atoms with Crippen LogP contribution in [-0.2, 0) is 11.3 Å². The summed E-state index contributed by atoms with van der Waals surface area (Å²) in [5.41, 5.74) is 4.34. The van der Waals surface area contributed by atoms with E-state index >= 15 is 0 Å². The average molecular weight is 420 g/mol. The number of piperidine rings is 1. The molecule has 1 aliphatic rings. The van der Waals surface area contributed by atoms with Crippen LogP contribution in [0.5, 0.6) is 0 Å². The molecule has 0 bridgehead atoms. The molecular formula is C24H29N5O2. The molecule has 1 amide bonds. The number of ether oxygens (including phenoxy) is 1. The van der Waals surface area contributed by atoms with Crippen molar-refractivity contribution < 1.29 is 9.53 Å². The van der Waals surface area contributed by atoms with E-state index in [-0.39, 0.29) is 12.1 Å². The van der Waals surface area contributed by atoms with Gasteiger partial charge in [0.1, 0.15) is 5.60 Å². The van der Waals surface area contributed by atoms with Gasteiger partial charge in [-0.1, -0.05) is 6.07 Å². The number of carbonyl (C=O) groups is 1. The quantitative estimate of drug-likeness (QED) is 0.634. The van der Waals surface area contributed by atoms with Gasteiger partial charge in [-0.05, 0) is 63.8 Å². The van der Waals surface area contributed by atoms with Gasteiger partial charge in [0.15, 0.2) is 0 Å². The van der Waals surface area contributed by atoms with Crippen LogP contribution in [-0.4, -0.2) is 38.1 Å². The zero-order chi connectivity index (χ0) is 21.8. The summed E-state index contributed by atoms with van der Waals surface area (Å²) in [6.45, 7) is 7.03. The molecule has 3 heterocycles. The maximum atomic E-state index is 12.9. The Hall–Kier alpha value is -3.22. The number of likely N-dealkylation sites (tertiary alicyclic amines) is 1. The predicted molar refractivity (Wildman–Crippen MR) is 121 cm³/mol. The second-order valence-electron chi connectivity index (χ2n) is 8.88. The minimum Gasteiger partial charge on any atom is -0.444 e. The second kappa shape index (κ2) is 8.88. The number of benzene rings is 1. The smallest absolute Gasteiger partial charge is 0.410 e. The lowest BCUT2D eigenvalue weighted by molar-refractivity contribution is 0.00959. The SMILES string of the molecule is CC(C)(C)OC(=O)N1CCCCC1c1ccncc1NCc1ccc2nccnc2c1. The summed E-state index contributed by atoms with van der Waals surface area (Å²) < 4.78 is 5.68. The van der Waals surface area contributed by atoms with Crippen molar-refractivity contribution in [3.8, 4) is 0 Å². The molecule has 1 saturated heterocycles. The zero-order valence-electron chi connectivity index (χ0n) is 18.3. The summed E-state index contributed by atoms with van der Waals surface area (Å²) >= 11 is 0. The van der Waals surface area contributed by atoms with Crippen molar-refractivity contribution in [3.63, 3.8) is 0 Å². The van der Waals surface area contributed by atoms with Crippen LogP contribution < -0.4 is 5.32 Å². The van der Waals surface area contributed by atoms with E-state index in [1.807, 2.05) is 56.1 Å². The van der Waals surface area contributed by atoms with Crippen molar-refractivity contribution in [1.29, 1.82) is 0 Å². The Bertz CT molecular complexity index is 1060. The van der Waals surface area contributed by atoms with Gasteiger partial charge in [0.25, 0.3) is 0 Å². The van der Waals surface area contributed by atoms with E-state index in [1.165, 1.54) is 0 Å². The molecule has 1 aromatic carbocycles. The topological polar surface area (TPSA) is 80.2 Å². The molecule has 3 aromatic rings. The largest absolute Gasteiger partial charge is 0.444 e. The van der Waals surface area contributed by atoms with Crippen molar-refractivity contribution >= 4 is 22.8 Å². The predicted octanol–water partition coefficient (Wildman–Crippen LogP) is 5.10. The van der Waals surface area contributed by atoms with E-state index in [4.69, 9.17) is 4.74 Å². The lowest BCUT2D eigenvalue weighted by Gasteiger charge is -2.37. The van der Waals surface area contributed by atoms with Crippen molar-refractivity contribution in [1.82, 2.24) is 19.9 Å². The molecule has 4 rings (SSSR count). The number of rotatable bonds is 4. The fourth-order valence-corrected chi connectivity index (χ4v) is 3.95. The summed E-state index contributed by atoms with van der Waals surface area (Å²) in [6, 6.07) is 8.04. The Labute approximate surface area is 182 Å². The lowest BCUT2D eigenvalue weighted by Crippen LogP contribution is -2.42. The average Bonchev–Trinajstić information content (AvgIpc) is 2.76. The van der Waals surface area contributed by atoms with E-state index in [9.17, 15) is 4.79 Å². The monoisotopic (exact) mass is 419 g/mol. The first kappa shape index (κ1) is 21.0. The molecule has 162 valence electrons. The molecule has 0 aliphatic carbocycles. The molecule has 7 heteroatoms. The third-order valence-corrected chi connectivity index (χ3v) is 5.36. The van der Waals surface area contributed by atoms with E-state index in [2.05, 4.69) is 20.3 Å². The van der Waals surface area contributed by atoms with Crippen LogP contribution in [0.1, 0.15) is 57.2 Å². The Balaban J connectivity index is 1.54. The van der Waals surface area contributed by atoms with Gasteiger partial charge in [0, 0.05) is 37.2 Å². The van der Waals surface area contributed by atoms with Gasteiger partial charge in [0.2, 0.25) is 0 Å². The highest BCUT2D eigenvalue weighted by atomic mass is 16.6. The molecule has 7 nitrogen and oxygen atoms in total. The summed E-state index contributed by atoms with van der Waals surface area (Å²) in [4.78, 5) is 27.8. The van der Waals surface area contributed by atoms with Crippen LogP contribution in [0.4, 0.5) is 10.5 Å². The Morgan fingerprint density at radius 3 is 2.74 bits per heavy atom. The summed E-state index contributed by atoms with van der Waals surface area (Å²) in [5, 5.41) is 3.51.